The van der Waals surface area contributed by atoms with Crippen molar-refractivity contribution in [2.75, 3.05) is 14.2 Å². The van der Waals surface area contributed by atoms with Gasteiger partial charge in [-0.1, -0.05) is 36.2 Å². The Morgan fingerprint density at radius 1 is 1.33 bits per heavy atom. The monoisotopic (exact) mass is 254 g/mol. The zero-order valence-electron chi connectivity index (χ0n) is 8.34. The van der Waals surface area contributed by atoms with Gasteiger partial charge in [-0.05, 0) is 6.42 Å². The first-order chi connectivity index (χ1) is 5.67. The molecule has 4 heteroatoms. The van der Waals surface area contributed by atoms with Gasteiger partial charge in [0.25, 0.3) is 0 Å². The summed E-state index contributed by atoms with van der Waals surface area (Å²) in [6.45, 7) is 4.36. The lowest BCUT2D eigenvalue weighted by atomic mass is 10.2. The Hall–Kier alpha value is 0.617. The fraction of sp³-hybridized carbons (Fsp3) is 1.00. The summed E-state index contributed by atoms with van der Waals surface area (Å²) in [5.74, 6) is 0. The highest BCUT2D eigenvalue weighted by molar-refractivity contribution is 9.09. The molecule has 0 amide bonds. The maximum atomic E-state index is 5.36. The predicted octanol–water partition coefficient (Wildman–Crippen LogP) is 2.45. The summed E-state index contributed by atoms with van der Waals surface area (Å²) in [6, 6.07) is 0. The van der Waals surface area contributed by atoms with Gasteiger partial charge < -0.3 is 8.85 Å². The normalized spacial score (nSPS) is 16.5. The topological polar surface area (TPSA) is 18.5 Å². The zero-order chi connectivity index (χ0) is 9.56. The third kappa shape index (κ3) is 4.03. The molecule has 0 aromatic carbocycles. The van der Waals surface area contributed by atoms with Gasteiger partial charge in [0.15, 0.2) is 0 Å². The van der Waals surface area contributed by atoms with Crippen molar-refractivity contribution in [3.63, 3.8) is 0 Å². The summed E-state index contributed by atoms with van der Waals surface area (Å²) in [7, 11) is 2.07. The van der Waals surface area contributed by atoms with Crippen molar-refractivity contribution in [1.29, 1.82) is 0 Å². The van der Waals surface area contributed by atoms with Crippen LogP contribution in [0.25, 0.3) is 0 Å². The van der Waals surface area contributed by atoms with Crippen molar-refractivity contribution < 1.29 is 8.85 Å². The van der Waals surface area contributed by atoms with Crippen molar-refractivity contribution in [2.45, 2.75) is 37.1 Å². The van der Waals surface area contributed by atoms with E-state index in [2.05, 4.69) is 29.8 Å². The van der Waals surface area contributed by atoms with Crippen molar-refractivity contribution in [1.82, 2.24) is 0 Å². The molecule has 0 fully saturated rings. The second kappa shape index (κ2) is 7.06. The van der Waals surface area contributed by atoms with Crippen LogP contribution in [0, 0.1) is 0 Å². The molecule has 0 aliphatic heterocycles. The maximum Gasteiger partial charge on any atom is 0.325 e. The molecule has 0 bridgehead atoms. The van der Waals surface area contributed by atoms with E-state index < -0.39 is 9.28 Å². The van der Waals surface area contributed by atoms with E-state index in [0.29, 0.717) is 10.4 Å². The number of hydrogen-bond acceptors (Lipinski definition) is 2. The molecule has 74 valence electrons. The molecule has 0 aliphatic rings. The second-order valence-corrected chi connectivity index (χ2v) is 6.95. The molecule has 0 aromatic rings. The fourth-order valence-corrected chi connectivity index (χ4v) is 4.30. The molecule has 0 aromatic heterocycles. The number of hydrogen-bond donors (Lipinski definition) is 0. The summed E-state index contributed by atoms with van der Waals surface area (Å²) in [5, 5.41) is 0. The van der Waals surface area contributed by atoms with Crippen molar-refractivity contribution >= 4 is 25.2 Å². The van der Waals surface area contributed by atoms with E-state index in [-0.39, 0.29) is 0 Å². The summed E-state index contributed by atoms with van der Waals surface area (Å²) in [5.41, 5.74) is 0.574. The average Bonchev–Trinajstić information content (AvgIpc) is 2.05. The standard InChI is InChI=1S/C8H19BrO2Si/c1-5-6-8(7(2)9)12(10-3)11-4/h7-8,12H,5-6H2,1-4H3. The Balaban J connectivity index is 4.05. The fourth-order valence-electron chi connectivity index (χ4n) is 1.36. The molecule has 2 unspecified atom stereocenters. The van der Waals surface area contributed by atoms with Crippen LogP contribution in [-0.2, 0) is 8.85 Å². The minimum atomic E-state index is -1.43. The lowest BCUT2D eigenvalue weighted by Gasteiger charge is -2.24. The van der Waals surface area contributed by atoms with E-state index in [9.17, 15) is 0 Å². The van der Waals surface area contributed by atoms with Gasteiger partial charge in [0.05, 0.1) is 0 Å². The second-order valence-electron chi connectivity index (χ2n) is 2.97. The average molecular weight is 255 g/mol. The Kier molecular flexibility index (Phi) is 7.43. The van der Waals surface area contributed by atoms with Crippen LogP contribution < -0.4 is 0 Å². The Morgan fingerprint density at radius 3 is 2.08 bits per heavy atom. The largest absolute Gasteiger partial charge is 0.400 e. The molecule has 2 nitrogen and oxygen atoms in total. The van der Waals surface area contributed by atoms with Gasteiger partial charge in [-0.2, -0.15) is 0 Å². The highest BCUT2D eigenvalue weighted by Crippen LogP contribution is 2.27. The molecule has 0 rings (SSSR count). The van der Waals surface area contributed by atoms with Crippen LogP contribution in [0.2, 0.25) is 5.54 Å². The molecule has 0 spiro atoms. The first-order valence-corrected chi connectivity index (χ1v) is 6.89. The van der Waals surface area contributed by atoms with E-state index in [1.807, 2.05) is 0 Å². The van der Waals surface area contributed by atoms with Crippen LogP contribution in [0.4, 0.5) is 0 Å². The smallest absolute Gasteiger partial charge is 0.325 e. The Labute approximate surface area is 85.6 Å². The molecule has 0 aliphatic carbocycles. The highest BCUT2D eigenvalue weighted by atomic mass is 79.9. The highest BCUT2D eigenvalue weighted by Gasteiger charge is 2.27. The van der Waals surface area contributed by atoms with Crippen LogP contribution in [0.3, 0.4) is 0 Å². The summed E-state index contributed by atoms with van der Waals surface area (Å²) < 4.78 is 10.7. The molecule has 2 atom stereocenters. The van der Waals surface area contributed by atoms with Gasteiger partial charge in [0, 0.05) is 24.6 Å². The maximum absolute atomic E-state index is 5.36. The van der Waals surface area contributed by atoms with Crippen LogP contribution >= 0.6 is 15.9 Å². The quantitative estimate of drug-likeness (QED) is 0.536. The van der Waals surface area contributed by atoms with E-state index in [0.717, 1.165) is 0 Å². The van der Waals surface area contributed by atoms with Crippen molar-refractivity contribution in [3.05, 3.63) is 0 Å². The molecule has 0 radical (unpaired) electrons. The van der Waals surface area contributed by atoms with Crippen LogP contribution in [0.5, 0.6) is 0 Å². The molecule has 0 N–H and O–H groups in total. The van der Waals surface area contributed by atoms with Gasteiger partial charge >= 0.3 is 9.28 Å². The lowest BCUT2D eigenvalue weighted by molar-refractivity contribution is 0.262. The van der Waals surface area contributed by atoms with Crippen LogP contribution in [0.15, 0.2) is 0 Å². The van der Waals surface area contributed by atoms with E-state index in [1.54, 1.807) is 14.2 Å². The molecule has 0 saturated heterocycles. The Bertz CT molecular complexity index is 107. The van der Waals surface area contributed by atoms with E-state index in [4.69, 9.17) is 8.85 Å². The summed E-state index contributed by atoms with van der Waals surface area (Å²) in [6.07, 6.45) is 2.38. The van der Waals surface area contributed by atoms with Crippen LogP contribution in [0.1, 0.15) is 26.7 Å². The number of halogens is 1. The molecule has 12 heavy (non-hydrogen) atoms. The van der Waals surface area contributed by atoms with Gasteiger partial charge in [0.2, 0.25) is 0 Å². The summed E-state index contributed by atoms with van der Waals surface area (Å²) in [4.78, 5) is 0.494. The zero-order valence-corrected chi connectivity index (χ0v) is 11.1. The molecular formula is C8H19BrO2Si. The molecule has 0 saturated carbocycles. The van der Waals surface area contributed by atoms with Crippen molar-refractivity contribution in [3.8, 4) is 0 Å². The summed E-state index contributed by atoms with van der Waals surface area (Å²) >= 11 is 3.60. The number of rotatable bonds is 6. The van der Waals surface area contributed by atoms with Gasteiger partial charge in [-0.25, -0.2) is 0 Å². The molecule has 0 heterocycles. The van der Waals surface area contributed by atoms with Crippen molar-refractivity contribution in [2.24, 2.45) is 0 Å². The Morgan fingerprint density at radius 2 is 1.83 bits per heavy atom. The SMILES string of the molecule is CCCC(C(C)Br)[SiH](OC)OC. The molecular weight excluding hydrogens is 236 g/mol. The first-order valence-electron chi connectivity index (χ1n) is 4.37. The van der Waals surface area contributed by atoms with Crippen LogP contribution in [-0.4, -0.2) is 28.3 Å². The van der Waals surface area contributed by atoms with E-state index >= 15 is 0 Å². The van der Waals surface area contributed by atoms with Gasteiger partial charge in [-0.15, -0.1) is 0 Å². The van der Waals surface area contributed by atoms with E-state index in [1.165, 1.54) is 12.8 Å². The van der Waals surface area contributed by atoms with Gasteiger partial charge in [-0.3, -0.25) is 0 Å². The number of alkyl halides is 1. The predicted molar refractivity (Wildman–Crippen MR) is 58.2 cm³/mol. The lowest BCUT2D eigenvalue weighted by Crippen LogP contribution is -2.30. The third-order valence-corrected chi connectivity index (χ3v) is 5.81. The van der Waals surface area contributed by atoms with Gasteiger partial charge in [0.1, 0.15) is 0 Å². The minimum absolute atomic E-state index is 0.494. The third-order valence-electron chi connectivity index (χ3n) is 2.03. The first kappa shape index (κ1) is 12.6. The minimum Gasteiger partial charge on any atom is -0.400 e.